The number of nitrogens with one attached hydrogen (secondary N) is 2. The lowest BCUT2D eigenvalue weighted by molar-refractivity contribution is -0.0164. The van der Waals surface area contributed by atoms with E-state index in [4.69, 9.17) is 9.47 Å². The van der Waals surface area contributed by atoms with Gasteiger partial charge in [-0.3, -0.25) is 9.89 Å². The molecule has 2 rings (SSSR count). The van der Waals surface area contributed by atoms with Crippen LogP contribution in [0.1, 0.15) is 25.7 Å². The first kappa shape index (κ1) is 16.5. The Labute approximate surface area is 128 Å². The summed E-state index contributed by atoms with van der Waals surface area (Å²) >= 11 is 0. The number of hydrogen-bond donors (Lipinski definition) is 2. The van der Waals surface area contributed by atoms with Crippen molar-refractivity contribution in [2.45, 2.75) is 31.2 Å². The third-order valence-electron chi connectivity index (χ3n) is 4.61. The molecule has 0 aromatic heterocycles. The van der Waals surface area contributed by atoms with Gasteiger partial charge in [0.25, 0.3) is 0 Å². The Morgan fingerprint density at radius 3 is 2.57 bits per heavy atom. The molecule has 2 aliphatic heterocycles. The number of rotatable bonds is 6. The molecule has 0 radical (unpaired) electrons. The van der Waals surface area contributed by atoms with E-state index in [0.29, 0.717) is 6.61 Å². The lowest BCUT2D eigenvalue weighted by Gasteiger charge is -2.45. The van der Waals surface area contributed by atoms with Crippen molar-refractivity contribution in [2.75, 3.05) is 60.2 Å². The molecule has 2 saturated heterocycles. The van der Waals surface area contributed by atoms with Crippen LogP contribution < -0.4 is 10.6 Å². The predicted molar refractivity (Wildman–Crippen MR) is 84.8 cm³/mol. The number of ether oxygens (including phenoxy) is 2. The molecule has 0 amide bonds. The zero-order valence-corrected chi connectivity index (χ0v) is 13.5. The molecule has 0 bridgehead atoms. The highest BCUT2D eigenvalue weighted by atomic mass is 16.5. The Hall–Kier alpha value is -0.850. The van der Waals surface area contributed by atoms with Crippen LogP contribution in [0.4, 0.5) is 0 Å². The summed E-state index contributed by atoms with van der Waals surface area (Å²) in [4.78, 5) is 6.95. The molecule has 0 spiro atoms. The van der Waals surface area contributed by atoms with Crippen LogP contribution in [0.2, 0.25) is 0 Å². The maximum atomic E-state index is 5.58. The average Bonchev–Trinajstić information content (AvgIpc) is 3.07. The summed E-state index contributed by atoms with van der Waals surface area (Å²) in [6, 6.07) is 0. The number of likely N-dealkylation sites (tertiary alicyclic amines) is 1. The lowest BCUT2D eigenvalue weighted by atomic mass is 9.88. The van der Waals surface area contributed by atoms with E-state index in [2.05, 4.69) is 20.5 Å². The average molecular weight is 298 g/mol. The second-order valence-corrected chi connectivity index (χ2v) is 5.88. The minimum absolute atomic E-state index is 0.230. The third kappa shape index (κ3) is 4.56. The predicted octanol–water partition coefficient (Wildman–Crippen LogP) is 0.443. The Kier molecular flexibility index (Phi) is 6.73. The molecule has 0 saturated carbocycles. The van der Waals surface area contributed by atoms with Crippen LogP contribution in [0.3, 0.4) is 0 Å². The summed E-state index contributed by atoms with van der Waals surface area (Å²) in [6.45, 7) is 6.57. The van der Waals surface area contributed by atoms with Crippen LogP contribution in [0, 0.1) is 0 Å². The van der Waals surface area contributed by atoms with Gasteiger partial charge in [-0.1, -0.05) is 0 Å². The number of guanidine groups is 1. The van der Waals surface area contributed by atoms with Crippen LogP contribution in [0.15, 0.2) is 4.99 Å². The van der Waals surface area contributed by atoms with E-state index in [9.17, 15) is 0 Å². The summed E-state index contributed by atoms with van der Waals surface area (Å²) < 4.78 is 10.6. The molecule has 122 valence electrons. The first-order valence-corrected chi connectivity index (χ1v) is 8.07. The number of aliphatic imine (C=N–C) groups is 1. The second kappa shape index (κ2) is 8.56. The van der Waals surface area contributed by atoms with Crippen molar-refractivity contribution < 1.29 is 9.47 Å². The van der Waals surface area contributed by atoms with E-state index in [-0.39, 0.29) is 5.54 Å². The van der Waals surface area contributed by atoms with Gasteiger partial charge in [0, 0.05) is 46.0 Å². The zero-order chi connectivity index (χ0) is 15.0. The fraction of sp³-hybridized carbons (Fsp3) is 0.933. The van der Waals surface area contributed by atoms with Crippen molar-refractivity contribution in [1.82, 2.24) is 15.5 Å². The molecule has 0 aromatic rings. The van der Waals surface area contributed by atoms with Crippen LogP contribution in [-0.2, 0) is 9.47 Å². The zero-order valence-electron chi connectivity index (χ0n) is 13.5. The standard InChI is InChI=1S/C15H30N4O2/c1-16-14(17-7-12-20-2)18-13-15(5-10-21-11-6-15)19-8-3-4-9-19/h3-13H2,1-2H3,(H2,16,17,18). The molecule has 2 heterocycles. The second-order valence-electron chi connectivity index (χ2n) is 5.88. The molecule has 21 heavy (non-hydrogen) atoms. The molecule has 6 nitrogen and oxygen atoms in total. The molecule has 6 heteroatoms. The molecule has 2 fully saturated rings. The number of nitrogens with zero attached hydrogens (tertiary/aromatic N) is 2. The van der Waals surface area contributed by atoms with Gasteiger partial charge in [0.1, 0.15) is 0 Å². The van der Waals surface area contributed by atoms with Crippen molar-refractivity contribution >= 4 is 5.96 Å². The van der Waals surface area contributed by atoms with E-state index in [1.807, 2.05) is 7.05 Å². The molecule has 2 N–H and O–H groups in total. The van der Waals surface area contributed by atoms with Gasteiger partial charge in [-0.15, -0.1) is 0 Å². The summed E-state index contributed by atoms with van der Waals surface area (Å²) in [5, 5.41) is 6.78. The lowest BCUT2D eigenvalue weighted by Crippen LogP contribution is -2.58. The van der Waals surface area contributed by atoms with Gasteiger partial charge in [0.05, 0.1) is 6.61 Å². The number of methoxy groups -OCH3 is 1. The van der Waals surface area contributed by atoms with Crippen molar-refractivity contribution in [1.29, 1.82) is 0 Å². The molecular formula is C15H30N4O2. The van der Waals surface area contributed by atoms with Gasteiger partial charge in [-0.25, -0.2) is 0 Å². The molecule has 0 atom stereocenters. The molecular weight excluding hydrogens is 268 g/mol. The molecule has 2 aliphatic rings. The summed E-state index contributed by atoms with van der Waals surface area (Å²) in [5.74, 6) is 0.858. The minimum atomic E-state index is 0.230. The fourth-order valence-corrected chi connectivity index (χ4v) is 3.29. The van der Waals surface area contributed by atoms with Gasteiger partial charge in [0.15, 0.2) is 5.96 Å². The third-order valence-corrected chi connectivity index (χ3v) is 4.61. The van der Waals surface area contributed by atoms with Gasteiger partial charge < -0.3 is 20.1 Å². The van der Waals surface area contributed by atoms with Crippen LogP contribution in [-0.4, -0.2) is 76.6 Å². The maximum Gasteiger partial charge on any atom is 0.191 e. The van der Waals surface area contributed by atoms with E-state index in [1.165, 1.54) is 25.9 Å². The Balaban J connectivity index is 1.89. The van der Waals surface area contributed by atoms with E-state index in [0.717, 1.165) is 45.1 Å². The summed E-state index contributed by atoms with van der Waals surface area (Å²) in [5.41, 5.74) is 0.230. The molecule has 0 aliphatic carbocycles. The Bertz CT molecular complexity index is 324. The topological polar surface area (TPSA) is 58.1 Å². The van der Waals surface area contributed by atoms with Gasteiger partial charge in [0.2, 0.25) is 0 Å². The van der Waals surface area contributed by atoms with Crippen LogP contribution in [0.5, 0.6) is 0 Å². The van der Waals surface area contributed by atoms with E-state index < -0.39 is 0 Å². The quantitative estimate of drug-likeness (QED) is 0.423. The fourth-order valence-electron chi connectivity index (χ4n) is 3.29. The Morgan fingerprint density at radius 1 is 1.24 bits per heavy atom. The minimum Gasteiger partial charge on any atom is -0.383 e. The normalized spacial score (nSPS) is 23.2. The molecule has 0 aromatic carbocycles. The van der Waals surface area contributed by atoms with Gasteiger partial charge in [-0.2, -0.15) is 0 Å². The Morgan fingerprint density at radius 2 is 1.95 bits per heavy atom. The highest BCUT2D eigenvalue weighted by Crippen LogP contribution is 2.30. The highest BCUT2D eigenvalue weighted by molar-refractivity contribution is 5.79. The maximum absolute atomic E-state index is 5.58. The first-order valence-electron chi connectivity index (χ1n) is 8.07. The summed E-state index contributed by atoms with van der Waals surface area (Å²) in [7, 11) is 3.52. The molecule has 0 unspecified atom stereocenters. The van der Waals surface area contributed by atoms with Crippen molar-refractivity contribution in [2.24, 2.45) is 4.99 Å². The smallest absolute Gasteiger partial charge is 0.191 e. The van der Waals surface area contributed by atoms with Crippen LogP contribution in [0.25, 0.3) is 0 Å². The largest absolute Gasteiger partial charge is 0.383 e. The van der Waals surface area contributed by atoms with Gasteiger partial charge >= 0.3 is 0 Å². The highest BCUT2D eigenvalue weighted by Gasteiger charge is 2.39. The number of hydrogen-bond acceptors (Lipinski definition) is 4. The first-order chi connectivity index (χ1) is 10.3. The van der Waals surface area contributed by atoms with Crippen molar-refractivity contribution in [3.8, 4) is 0 Å². The van der Waals surface area contributed by atoms with Crippen molar-refractivity contribution in [3.63, 3.8) is 0 Å². The van der Waals surface area contributed by atoms with Crippen LogP contribution >= 0.6 is 0 Å². The monoisotopic (exact) mass is 298 g/mol. The van der Waals surface area contributed by atoms with Crippen molar-refractivity contribution in [3.05, 3.63) is 0 Å². The van der Waals surface area contributed by atoms with Gasteiger partial charge in [-0.05, 0) is 38.8 Å². The summed E-state index contributed by atoms with van der Waals surface area (Å²) in [6.07, 6.45) is 4.86. The van der Waals surface area contributed by atoms with E-state index in [1.54, 1.807) is 7.11 Å². The SMILES string of the molecule is CN=C(NCCOC)NCC1(N2CCCC2)CCOCC1. The van der Waals surface area contributed by atoms with E-state index >= 15 is 0 Å².